The summed E-state index contributed by atoms with van der Waals surface area (Å²) in [4.78, 5) is 24.4. The number of hydrogen-bond acceptors (Lipinski definition) is 6. The van der Waals surface area contributed by atoms with E-state index in [1.165, 1.54) is 43.7 Å². The molecule has 7 nitrogen and oxygen atoms in total. The van der Waals surface area contributed by atoms with Crippen molar-refractivity contribution < 1.29 is 27.4 Å². The van der Waals surface area contributed by atoms with Crippen LogP contribution in [0.25, 0.3) is 6.08 Å². The van der Waals surface area contributed by atoms with Gasteiger partial charge in [-0.2, -0.15) is 4.98 Å². The Hall–Kier alpha value is -3.30. The lowest BCUT2D eigenvalue weighted by Crippen LogP contribution is -2.48. The average Bonchev–Trinajstić information content (AvgIpc) is 2.72. The Labute approximate surface area is 165 Å². The molecule has 1 aromatic carbocycles. The van der Waals surface area contributed by atoms with Crippen molar-refractivity contribution >= 4 is 17.8 Å². The number of ether oxygens (including phenoxy) is 2. The van der Waals surface area contributed by atoms with Crippen molar-refractivity contribution in [3.63, 3.8) is 0 Å². The normalized spacial score (nSPS) is 14.9. The molecule has 0 aliphatic carbocycles. The molecule has 0 saturated carbocycles. The average molecular weight is 408 g/mol. The molecule has 10 heteroatoms. The Morgan fingerprint density at radius 2 is 1.86 bits per heavy atom. The van der Waals surface area contributed by atoms with Gasteiger partial charge in [-0.05, 0) is 12.1 Å². The fourth-order valence-electron chi connectivity index (χ4n) is 2.85. The van der Waals surface area contributed by atoms with Crippen LogP contribution in [0, 0.1) is 0 Å². The van der Waals surface area contributed by atoms with E-state index in [0.717, 1.165) is 0 Å². The summed E-state index contributed by atoms with van der Waals surface area (Å²) < 4.78 is 46.5. The van der Waals surface area contributed by atoms with Crippen molar-refractivity contribution in [1.29, 1.82) is 0 Å². The molecule has 0 unspecified atom stereocenters. The van der Waals surface area contributed by atoms with Crippen LogP contribution in [0.15, 0.2) is 42.7 Å². The Morgan fingerprint density at radius 1 is 1.14 bits per heavy atom. The Kier molecular flexibility index (Phi) is 6.20. The Balaban J connectivity index is 1.60. The van der Waals surface area contributed by atoms with E-state index in [1.807, 2.05) is 4.90 Å². The summed E-state index contributed by atoms with van der Waals surface area (Å²) in [6.45, 7) is 2.00. The summed E-state index contributed by atoms with van der Waals surface area (Å²) in [6.07, 6.45) is 0.905. The van der Waals surface area contributed by atoms with Crippen LogP contribution >= 0.6 is 0 Å². The van der Waals surface area contributed by atoms with E-state index in [4.69, 9.17) is 4.74 Å². The summed E-state index contributed by atoms with van der Waals surface area (Å²) in [6, 6.07) is 5.65. The fraction of sp³-hybridized carbons (Fsp3) is 0.316. The van der Waals surface area contributed by atoms with Crippen molar-refractivity contribution in [3.8, 4) is 11.6 Å². The molecule has 1 amide bonds. The van der Waals surface area contributed by atoms with Gasteiger partial charge in [0.15, 0.2) is 5.82 Å². The summed E-state index contributed by atoms with van der Waals surface area (Å²) >= 11 is 0. The SMILES string of the molecule is COc1cncc(N2CCN(C(=O)/C=C/c3ccccc3OC(F)(F)F)CC2)n1. The number of carbonyl (C=O) groups is 1. The van der Waals surface area contributed by atoms with Crippen LogP contribution in [-0.2, 0) is 4.79 Å². The molecule has 29 heavy (non-hydrogen) atoms. The predicted molar refractivity (Wildman–Crippen MR) is 99.5 cm³/mol. The van der Waals surface area contributed by atoms with E-state index in [1.54, 1.807) is 17.2 Å². The Bertz CT molecular complexity index is 881. The molecule has 0 spiro atoms. The molecule has 0 bridgehead atoms. The van der Waals surface area contributed by atoms with Gasteiger partial charge in [0.1, 0.15) is 5.75 Å². The first-order valence-electron chi connectivity index (χ1n) is 8.78. The van der Waals surface area contributed by atoms with Gasteiger partial charge in [0.2, 0.25) is 11.8 Å². The highest BCUT2D eigenvalue weighted by atomic mass is 19.4. The van der Waals surface area contributed by atoms with Crippen LogP contribution in [0.1, 0.15) is 5.56 Å². The highest BCUT2D eigenvalue weighted by Gasteiger charge is 2.31. The number of alkyl halides is 3. The molecule has 2 aromatic rings. The van der Waals surface area contributed by atoms with Crippen molar-refractivity contribution in [2.75, 3.05) is 38.2 Å². The molecule has 2 heterocycles. The number of benzene rings is 1. The lowest BCUT2D eigenvalue weighted by molar-refractivity contribution is -0.274. The molecule has 1 saturated heterocycles. The number of piperazine rings is 1. The zero-order chi connectivity index (χ0) is 20.9. The summed E-state index contributed by atoms with van der Waals surface area (Å²) in [7, 11) is 1.51. The van der Waals surface area contributed by atoms with Crippen molar-refractivity contribution in [2.24, 2.45) is 0 Å². The predicted octanol–water partition coefficient (Wildman–Crippen LogP) is 2.75. The lowest BCUT2D eigenvalue weighted by atomic mass is 10.2. The third-order valence-corrected chi connectivity index (χ3v) is 4.27. The number of amides is 1. The van der Waals surface area contributed by atoms with Gasteiger partial charge in [-0.25, -0.2) is 0 Å². The van der Waals surface area contributed by atoms with Gasteiger partial charge in [0.05, 0.1) is 19.5 Å². The Morgan fingerprint density at radius 3 is 2.55 bits per heavy atom. The molecule has 1 fully saturated rings. The van der Waals surface area contributed by atoms with E-state index in [-0.39, 0.29) is 17.2 Å². The molecule has 0 radical (unpaired) electrons. The molecular weight excluding hydrogens is 389 g/mol. The zero-order valence-electron chi connectivity index (χ0n) is 15.6. The monoisotopic (exact) mass is 408 g/mol. The van der Waals surface area contributed by atoms with Gasteiger partial charge < -0.3 is 19.3 Å². The highest BCUT2D eigenvalue weighted by Crippen LogP contribution is 2.27. The smallest absolute Gasteiger partial charge is 0.480 e. The second kappa shape index (κ2) is 8.80. The van der Waals surface area contributed by atoms with Gasteiger partial charge in [0.25, 0.3) is 0 Å². The maximum atomic E-state index is 12.5. The molecule has 1 aromatic heterocycles. The highest BCUT2D eigenvalue weighted by molar-refractivity contribution is 5.92. The van der Waals surface area contributed by atoms with Crippen LogP contribution in [0.5, 0.6) is 11.6 Å². The van der Waals surface area contributed by atoms with Crippen molar-refractivity contribution in [2.45, 2.75) is 6.36 Å². The number of aromatic nitrogens is 2. The van der Waals surface area contributed by atoms with Gasteiger partial charge in [-0.1, -0.05) is 18.2 Å². The van der Waals surface area contributed by atoms with Crippen LogP contribution in [0.2, 0.25) is 0 Å². The van der Waals surface area contributed by atoms with E-state index < -0.39 is 6.36 Å². The number of nitrogens with zero attached hydrogens (tertiary/aromatic N) is 4. The number of carbonyl (C=O) groups excluding carboxylic acids is 1. The molecule has 3 rings (SSSR count). The number of hydrogen-bond donors (Lipinski definition) is 0. The van der Waals surface area contributed by atoms with Gasteiger partial charge >= 0.3 is 6.36 Å². The van der Waals surface area contributed by atoms with E-state index in [2.05, 4.69) is 14.7 Å². The second-order valence-corrected chi connectivity index (χ2v) is 6.15. The largest absolute Gasteiger partial charge is 0.573 e. The molecule has 1 aliphatic rings. The van der Waals surface area contributed by atoms with Crippen LogP contribution in [0.3, 0.4) is 0 Å². The summed E-state index contributed by atoms with van der Waals surface area (Å²) in [5, 5.41) is 0. The van der Waals surface area contributed by atoms with Gasteiger partial charge in [0, 0.05) is 37.8 Å². The first kappa shape index (κ1) is 20.4. The first-order valence-corrected chi connectivity index (χ1v) is 8.78. The molecule has 154 valence electrons. The van der Waals surface area contributed by atoms with E-state index in [9.17, 15) is 18.0 Å². The van der Waals surface area contributed by atoms with E-state index >= 15 is 0 Å². The minimum absolute atomic E-state index is 0.170. The lowest BCUT2D eigenvalue weighted by Gasteiger charge is -2.34. The zero-order valence-corrected chi connectivity index (χ0v) is 15.6. The fourth-order valence-corrected chi connectivity index (χ4v) is 2.85. The minimum Gasteiger partial charge on any atom is -0.480 e. The molecule has 1 aliphatic heterocycles. The topological polar surface area (TPSA) is 67.8 Å². The third kappa shape index (κ3) is 5.59. The summed E-state index contributed by atoms with van der Waals surface area (Å²) in [5.74, 6) is 0.419. The van der Waals surface area contributed by atoms with Gasteiger partial charge in [-0.3, -0.25) is 9.78 Å². The number of anilines is 1. The standard InChI is InChI=1S/C19H19F3N4O3/c1-28-17-13-23-12-16(24-17)25-8-10-26(11-9-25)18(27)7-6-14-4-2-3-5-15(14)29-19(20,21)22/h2-7,12-13H,8-11H2,1H3/b7-6+. The number of para-hydroxylation sites is 1. The van der Waals surface area contributed by atoms with Crippen LogP contribution in [0.4, 0.5) is 19.0 Å². The number of methoxy groups -OCH3 is 1. The minimum atomic E-state index is -4.80. The molecular formula is C19H19F3N4O3. The van der Waals surface area contributed by atoms with Gasteiger partial charge in [-0.15, -0.1) is 13.2 Å². The van der Waals surface area contributed by atoms with Crippen molar-refractivity contribution in [1.82, 2.24) is 14.9 Å². The van der Waals surface area contributed by atoms with Crippen LogP contribution < -0.4 is 14.4 Å². The van der Waals surface area contributed by atoms with Crippen molar-refractivity contribution in [3.05, 3.63) is 48.3 Å². The maximum absolute atomic E-state index is 12.5. The second-order valence-electron chi connectivity index (χ2n) is 6.15. The maximum Gasteiger partial charge on any atom is 0.573 e. The number of halogens is 3. The summed E-state index contributed by atoms with van der Waals surface area (Å²) in [5.41, 5.74) is 0.170. The third-order valence-electron chi connectivity index (χ3n) is 4.27. The molecule has 0 atom stereocenters. The number of rotatable bonds is 5. The van der Waals surface area contributed by atoms with E-state index in [0.29, 0.717) is 37.9 Å². The molecule has 0 N–H and O–H groups in total. The quantitative estimate of drug-likeness (QED) is 0.709. The van der Waals surface area contributed by atoms with Crippen LogP contribution in [-0.4, -0.2) is 60.4 Å². The first-order chi connectivity index (χ1) is 13.9.